The van der Waals surface area contributed by atoms with Crippen LogP contribution in [0.2, 0.25) is 0 Å². The Hall–Kier alpha value is -1.40. The van der Waals surface area contributed by atoms with Crippen LogP contribution in [0.3, 0.4) is 0 Å². The lowest BCUT2D eigenvalue weighted by molar-refractivity contribution is -0.122. The Kier molecular flexibility index (Phi) is 3.68. The average Bonchev–Trinajstić information content (AvgIpc) is 2.27. The molecule has 5 nitrogen and oxygen atoms in total. The van der Waals surface area contributed by atoms with Gasteiger partial charge in [0.25, 0.3) is 0 Å². The van der Waals surface area contributed by atoms with Crippen LogP contribution in [-0.2, 0) is 14.8 Å². The molecule has 1 aromatic carbocycles. The van der Waals surface area contributed by atoms with E-state index in [2.05, 4.69) is 10.0 Å². The Balaban J connectivity index is 2.06. The highest BCUT2D eigenvalue weighted by atomic mass is 32.2. The molecule has 1 aromatic rings. The van der Waals surface area contributed by atoms with Gasteiger partial charge in [-0.3, -0.25) is 4.79 Å². The summed E-state index contributed by atoms with van der Waals surface area (Å²) in [5.41, 5.74) is 0.627. The topological polar surface area (TPSA) is 75.3 Å². The summed E-state index contributed by atoms with van der Waals surface area (Å²) in [7, 11) is -2.05. The number of sulfonamides is 1. The standard InChI is InChI=1S/C12H16N2O3S/c1-13-18(16,17)11-7-5-10(6-8-11)14-12(15)9-3-2-4-9/h5-9,13H,2-4H2,1H3,(H,14,15). The summed E-state index contributed by atoms with van der Waals surface area (Å²) in [5.74, 6) is 0.135. The number of carbonyl (C=O) groups excluding carboxylic acids is 1. The molecule has 6 heteroatoms. The minimum Gasteiger partial charge on any atom is -0.326 e. The number of rotatable bonds is 4. The monoisotopic (exact) mass is 268 g/mol. The normalized spacial score (nSPS) is 16.1. The van der Waals surface area contributed by atoms with E-state index in [1.54, 1.807) is 12.1 Å². The molecule has 98 valence electrons. The van der Waals surface area contributed by atoms with E-state index in [1.807, 2.05) is 0 Å². The lowest BCUT2D eigenvalue weighted by atomic mass is 9.85. The molecule has 1 aliphatic carbocycles. The van der Waals surface area contributed by atoms with E-state index in [9.17, 15) is 13.2 Å². The van der Waals surface area contributed by atoms with Gasteiger partial charge >= 0.3 is 0 Å². The lowest BCUT2D eigenvalue weighted by Crippen LogP contribution is -2.28. The molecule has 0 aliphatic heterocycles. The van der Waals surface area contributed by atoms with Crippen LogP contribution in [0.25, 0.3) is 0 Å². The van der Waals surface area contributed by atoms with Crippen molar-refractivity contribution in [3.8, 4) is 0 Å². The van der Waals surface area contributed by atoms with Gasteiger partial charge in [-0.1, -0.05) is 6.42 Å². The summed E-state index contributed by atoms with van der Waals surface area (Å²) in [4.78, 5) is 11.9. The minimum atomic E-state index is -3.42. The summed E-state index contributed by atoms with van der Waals surface area (Å²) in [5, 5.41) is 2.79. The van der Waals surface area contributed by atoms with E-state index in [1.165, 1.54) is 19.2 Å². The van der Waals surface area contributed by atoms with Crippen LogP contribution in [0.4, 0.5) is 5.69 Å². The number of carbonyl (C=O) groups is 1. The van der Waals surface area contributed by atoms with Crippen LogP contribution in [0.15, 0.2) is 29.2 Å². The molecule has 2 rings (SSSR count). The largest absolute Gasteiger partial charge is 0.326 e. The van der Waals surface area contributed by atoms with E-state index < -0.39 is 10.0 Å². The number of nitrogens with one attached hydrogen (secondary N) is 2. The first kappa shape index (κ1) is 13.0. The van der Waals surface area contributed by atoms with Crippen LogP contribution in [0, 0.1) is 5.92 Å². The van der Waals surface area contributed by atoms with Gasteiger partial charge in [0, 0.05) is 11.6 Å². The number of hydrogen-bond acceptors (Lipinski definition) is 3. The van der Waals surface area contributed by atoms with Crippen molar-refractivity contribution >= 4 is 21.6 Å². The van der Waals surface area contributed by atoms with Crippen molar-refractivity contribution < 1.29 is 13.2 Å². The van der Waals surface area contributed by atoms with Crippen LogP contribution in [-0.4, -0.2) is 21.4 Å². The van der Waals surface area contributed by atoms with Gasteiger partial charge in [-0.2, -0.15) is 0 Å². The third-order valence-electron chi connectivity index (χ3n) is 3.18. The van der Waals surface area contributed by atoms with Crippen LogP contribution in [0.1, 0.15) is 19.3 Å². The summed E-state index contributed by atoms with van der Waals surface area (Å²) in [6.45, 7) is 0. The van der Waals surface area contributed by atoms with Crippen molar-refractivity contribution in [1.29, 1.82) is 0 Å². The fourth-order valence-electron chi connectivity index (χ4n) is 1.75. The van der Waals surface area contributed by atoms with Gasteiger partial charge in [0.1, 0.15) is 0 Å². The molecule has 0 bridgehead atoms. The second-order valence-electron chi connectivity index (χ2n) is 4.35. The van der Waals surface area contributed by atoms with Gasteiger partial charge < -0.3 is 5.32 Å². The molecule has 1 aliphatic rings. The molecule has 2 N–H and O–H groups in total. The van der Waals surface area contributed by atoms with E-state index >= 15 is 0 Å². The van der Waals surface area contributed by atoms with Gasteiger partial charge in [0.2, 0.25) is 15.9 Å². The first-order valence-corrected chi connectivity index (χ1v) is 7.36. The molecule has 1 fully saturated rings. The molecule has 0 heterocycles. The Morgan fingerprint density at radius 1 is 1.22 bits per heavy atom. The summed E-state index contributed by atoms with van der Waals surface area (Å²) in [6.07, 6.45) is 2.99. The van der Waals surface area contributed by atoms with Gasteiger partial charge in [-0.25, -0.2) is 13.1 Å². The molecule has 0 aromatic heterocycles. The molecule has 0 spiro atoms. The molecule has 1 amide bonds. The lowest BCUT2D eigenvalue weighted by Gasteiger charge is -2.24. The first-order chi connectivity index (χ1) is 8.53. The summed E-state index contributed by atoms with van der Waals surface area (Å²) in [6, 6.07) is 6.14. The highest BCUT2D eigenvalue weighted by Crippen LogP contribution is 2.27. The number of amides is 1. The number of anilines is 1. The maximum atomic E-state index is 11.7. The first-order valence-electron chi connectivity index (χ1n) is 5.87. The zero-order valence-corrected chi connectivity index (χ0v) is 11.0. The zero-order chi connectivity index (χ0) is 13.2. The van der Waals surface area contributed by atoms with Crippen LogP contribution >= 0.6 is 0 Å². The van der Waals surface area contributed by atoms with Crippen molar-refractivity contribution in [2.75, 3.05) is 12.4 Å². The third kappa shape index (κ3) is 2.70. The molecule has 0 saturated heterocycles. The molecule has 18 heavy (non-hydrogen) atoms. The third-order valence-corrected chi connectivity index (χ3v) is 4.61. The van der Waals surface area contributed by atoms with Crippen LogP contribution < -0.4 is 10.0 Å². The quantitative estimate of drug-likeness (QED) is 0.865. The molecular formula is C12H16N2O3S. The second kappa shape index (κ2) is 5.07. The highest BCUT2D eigenvalue weighted by molar-refractivity contribution is 7.89. The summed E-state index contributed by atoms with van der Waals surface area (Å²) >= 11 is 0. The second-order valence-corrected chi connectivity index (χ2v) is 6.24. The minimum absolute atomic E-state index is 0.0190. The predicted molar refractivity (Wildman–Crippen MR) is 68.7 cm³/mol. The van der Waals surface area contributed by atoms with E-state index in [4.69, 9.17) is 0 Å². The maximum Gasteiger partial charge on any atom is 0.240 e. The molecule has 0 radical (unpaired) electrons. The van der Waals surface area contributed by atoms with Crippen molar-refractivity contribution in [3.63, 3.8) is 0 Å². The Morgan fingerprint density at radius 2 is 1.83 bits per heavy atom. The summed E-state index contributed by atoms with van der Waals surface area (Å²) < 4.78 is 25.2. The smallest absolute Gasteiger partial charge is 0.240 e. The molecular weight excluding hydrogens is 252 g/mol. The van der Waals surface area contributed by atoms with Crippen molar-refractivity contribution in [3.05, 3.63) is 24.3 Å². The average molecular weight is 268 g/mol. The van der Waals surface area contributed by atoms with E-state index in [0.717, 1.165) is 19.3 Å². The van der Waals surface area contributed by atoms with Gasteiger partial charge in [0.05, 0.1) is 4.90 Å². The number of benzene rings is 1. The Labute approximate surface area is 107 Å². The fourth-order valence-corrected chi connectivity index (χ4v) is 2.48. The number of hydrogen-bond donors (Lipinski definition) is 2. The van der Waals surface area contributed by atoms with Crippen LogP contribution in [0.5, 0.6) is 0 Å². The SMILES string of the molecule is CNS(=O)(=O)c1ccc(NC(=O)C2CCC2)cc1. The van der Waals surface area contributed by atoms with E-state index in [0.29, 0.717) is 5.69 Å². The molecule has 0 unspecified atom stereocenters. The Morgan fingerprint density at radius 3 is 2.28 bits per heavy atom. The zero-order valence-electron chi connectivity index (χ0n) is 10.1. The van der Waals surface area contributed by atoms with Gasteiger partial charge in [0.15, 0.2) is 0 Å². The fraction of sp³-hybridized carbons (Fsp3) is 0.417. The Bertz CT molecular complexity index is 533. The molecule has 0 atom stereocenters. The van der Waals surface area contributed by atoms with Crippen molar-refractivity contribution in [1.82, 2.24) is 4.72 Å². The molecule has 1 saturated carbocycles. The maximum absolute atomic E-state index is 11.7. The van der Waals surface area contributed by atoms with E-state index in [-0.39, 0.29) is 16.7 Å². The van der Waals surface area contributed by atoms with Gasteiger partial charge in [-0.05, 0) is 44.2 Å². The van der Waals surface area contributed by atoms with Crippen molar-refractivity contribution in [2.45, 2.75) is 24.2 Å². The highest BCUT2D eigenvalue weighted by Gasteiger charge is 2.25. The predicted octanol–water partition coefficient (Wildman–Crippen LogP) is 1.33. The van der Waals surface area contributed by atoms with Gasteiger partial charge in [-0.15, -0.1) is 0 Å². The van der Waals surface area contributed by atoms with Crippen molar-refractivity contribution in [2.24, 2.45) is 5.92 Å².